The van der Waals surface area contributed by atoms with E-state index < -0.39 is 18.1 Å². The molecule has 3 atom stereocenters. The molecule has 5 heterocycles. The lowest BCUT2D eigenvalue weighted by atomic mass is 10.1. The summed E-state index contributed by atoms with van der Waals surface area (Å²) in [7, 11) is 3.05. The topological polar surface area (TPSA) is 206 Å². The second-order valence-corrected chi connectivity index (χ2v) is 17.9. The Kier molecular flexibility index (Phi) is 15.1. The molecule has 1 N–H and O–H groups in total. The van der Waals surface area contributed by atoms with Crippen molar-refractivity contribution in [2.45, 2.75) is 63.6 Å². The highest BCUT2D eigenvalue weighted by Crippen LogP contribution is 2.43. The maximum Gasteiger partial charge on any atom is 0.334 e. The summed E-state index contributed by atoms with van der Waals surface area (Å²) < 4.78 is 47.4. The lowest BCUT2D eigenvalue weighted by Gasteiger charge is -2.22. The number of aliphatic hydroxyl groups excluding tert-OH is 1. The number of fused-ring (bicyclic) bond motifs is 8. The fraction of sp³-hybridized carbons (Fsp3) is 0.345. The first-order chi connectivity index (χ1) is 36.1. The van der Waals surface area contributed by atoms with Gasteiger partial charge in [-0.2, -0.15) is 0 Å². The van der Waals surface area contributed by atoms with Crippen LogP contribution in [0.5, 0.6) is 28.7 Å². The number of hydroxylamine groups is 2. The summed E-state index contributed by atoms with van der Waals surface area (Å²) in [5, 5.41) is 10.4. The Hall–Kier alpha value is -7.84. The molecule has 0 radical (unpaired) electrons. The third kappa shape index (κ3) is 10.8. The van der Waals surface area contributed by atoms with E-state index in [1.54, 1.807) is 34.1 Å². The van der Waals surface area contributed by atoms with Gasteiger partial charge in [0.25, 0.3) is 17.7 Å². The summed E-state index contributed by atoms with van der Waals surface area (Å²) in [5.74, 6) is 0.638. The van der Waals surface area contributed by atoms with Gasteiger partial charge < -0.3 is 47.8 Å². The molecule has 5 aliphatic rings. The molecule has 1 saturated heterocycles. The summed E-state index contributed by atoms with van der Waals surface area (Å²) in [5.41, 5.74) is 7.18. The molecule has 3 unspecified atom stereocenters. The molecule has 1 fully saturated rings. The number of methoxy groups -OCH3 is 2. The zero-order valence-corrected chi connectivity index (χ0v) is 40.9. The molecule has 3 amide bonds. The summed E-state index contributed by atoms with van der Waals surface area (Å²) in [6.45, 7) is 1.81. The highest BCUT2D eigenvalue weighted by molar-refractivity contribution is 6.16. The van der Waals surface area contributed by atoms with Crippen LogP contribution in [0.25, 0.3) is 0 Å². The SMILES string of the molecule is COc1cc2c(cc1OCc1cc(COc3cc4c(cc3OC)C(=O)N3c5ccccc5CC3C=N4)cc(OCCOCCOCCOCCC(=O)ON3C(=O)CCC3O)c1)N=CC1Cc3ccccc3N1C2=O. The average Bonchev–Trinajstić information content (AvgIpc) is 4.04. The number of aliphatic imine (C=N–C) groups is 2. The lowest BCUT2D eigenvalue weighted by Crippen LogP contribution is -2.37. The minimum absolute atomic E-state index is 0.0686. The quantitative estimate of drug-likeness (QED) is 0.0721. The minimum atomic E-state index is -1.12. The van der Waals surface area contributed by atoms with Crippen LogP contribution in [-0.4, -0.2) is 125 Å². The largest absolute Gasteiger partial charge is 0.493 e. The lowest BCUT2D eigenvalue weighted by molar-refractivity contribution is -0.221. The Morgan fingerprint density at radius 1 is 0.608 bits per heavy atom. The molecule has 5 aliphatic heterocycles. The van der Waals surface area contributed by atoms with Gasteiger partial charge in [-0.25, -0.2) is 4.79 Å². The Labute approximate surface area is 426 Å². The van der Waals surface area contributed by atoms with Crippen molar-refractivity contribution in [3.63, 3.8) is 0 Å². The van der Waals surface area contributed by atoms with E-state index in [9.17, 15) is 24.3 Å². The molecular formula is C55H55N5O14. The Morgan fingerprint density at radius 3 is 1.61 bits per heavy atom. The van der Waals surface area contributed by atoms with Gasteiger partial charge in [0.15, 0.2) is 29.2 Å². The van der Waals surface area contributed by atoms with Crippen LogP contribution in [0.2, 0.25) is 0 Å². The molecule has 0 aromatic heterocycles. The van der Waals surface area contributed by atoms with Crippen LogP contribution in [0.15, 0.2) is 101 Å². The van der Waals surface area contributed by atoms with Crippen molar-refractivity contribution in [1.29, 1.82) is 0 Å². The van der Waals surface area contributed by atoms with Gasteiger partial charge in [0.2, 0.25) is 0 Å². The van der Waals surface area contributed by atoms with Gasteiger partial charge in [0.1, 0.15) is 25.6 Å². The van der Waals surface area contributed by atoms with E-state index in [-0.39, 0.29) is 89.4 Å². The zero-order valence-electron chi connectivity index (χ0n) is 40.9. The van der Waals surface area contributed by atoms with Gasteiger partial charge in [-0.1, -0.05) is 36.4 Å². The van der Waals surface area contributed by atoms with Crippen molar-refractivity contribution in [3.05, 3.63) is 124 Å². The Bertz CT molecular complexity index is 2840. The van der Waals surface area contributed by atoms with E-state index in [2.05, 4.69) is 0 Å². The number of amides is 3. The summed E-state index contributed by atoms with van der Waals surface area (Å²) in [6, 6.07) is 27.8. The van der Waals surface area contributed by atoms with Gasteiger partial charge in [0.05, 0.1) is 94.9 Å². The standard InChI is InChI=1S/C55H55N5O14/c1-66-47-26-41-43(56-30-38-24-36-7-3-5-9-45(36)58(38)54(41)64)28-49(47)72-32-34-21-35(23-40(22-34)71-20-19-70-18-17-69-16-15-68-14-13-53(63)74-60-51(61)11-12-52(60)62)33-73-50-29-44-42(27-48(50)67-2)55(65)59-39(31-57-44)25-37-8-4-6-10-46(37)59/h3-10,21-23,26-31,38-39,51,61H,11-20,24-25,32-33H2,1-2H3. The van der Waals surface area contributed by atoms with Crippen molar-refractivity contribution in [1.82, 2.24) is 5.06 Å². The van der Waals surface area contributed by atoms with E-state index in [0.717, 1.165) is 33.6 Å². The van der Waals surface area contributed by atoms with Crippen molar-refractivity contribution in [2.75, 3.05) is 70.3 Å². The number of benzene rings is 5. The Morgan fingerprint density at radius 2 is 1.11 bits per heavy atom. The summed E-state index contributed by atoms with van der Waals surface area (Å²) >= 11 is 0. The molecular weight excluding hydrogens is 955 g/mol. The maximum absolute atomic E-state index is 14.0. The van der Waals surface area contributed by atoms with E-state index in [0.29, 0.717) is 82.4 Å². The van der Waals surface area contributed by atoms with Gasteiger partial charge in [-0.15, -0.1) is 5.06 Å². The molecule has 0 saturated carbocycles. The number of aliphatic hydroxyl groups is 1. The highest BCUT2D eigenvalue weighted by atomic mass is 16.7. The molecule has 19 nitrogen and oxygen atoms in total. The van der Waals surface area contributed by atoms with Crippen LogP contribution in [0.1, 0.15) is 62.2 Å². The molecule has 0 aliphatic carbocycles. The number of ether oxygens (including phenoxy) is 8. The average molecular weight is 1010 g/mol. The van der Waals surface area contributed by atoms with Crippen LogP contribution in [-0.2, 0) is 54.7 Å². The molecule has 19 heteroatoms. The number of para-hydroxylation sites is 2. The fourth-order valence-electron chi connectivity index (χ4n) is 9.51. The molecule has 10 rings (SSSR count). The van der Waals surface area contributed by atoms with E-state index in [1.807, 2.05) is 79.2 Å². The fourth-order valence-corrected chi connectivity index (χ4v) is 9.51. The number of rotatable bonds is 22. The van der Waals surface area contributed by atoms with Crippen molar-refractivity contribution >= 4 is 58.9 Å². The maximum atomic E-state index is 14.0. The minimum Gasteiger partial charge on any atom is -0.493 e. The zero-order chi connectivity index (χ0) is 51.1. The van der Waals surface area contributed by atoms with Gasteiger partial charge in [-0.05, 0) is 64.7 Å². The highest BCUT2D eigenvalue weighted by Gasteiger charge is 2.38. The number of carbonyl (C=O) groups excluding carboxylic acids is 4. The molecule has 0 bridgehead atoms. The summed E-state index contributed by atoms with van der Waals surface area (Å²) in [4.78, 5) is 69.8. The third-order valence-electron chi connectivity index (χ3n) is 13.1. The monoisotopic (exact) mass is 1010 g/mol. The molecule has 74 heavy (non-hydrogen) atoms. The number of hydrogen-bond donors (Lipinski definition) is 1. The number of carbonyl (C=O) groups is 4. The first kappa shape index (κ1) is 49.7. The molecule has 0 spiro atoms. The second kappa shape index (κ2) is 22.5. The van der Waals surface area contributed by atoms with Crippen molar-refractivity contribution < 1.29 is 67.0 Å². The molecule has 5 aromatic carbocycles. The molecule has 384 valence electrons. The predicted octanol–water partition coefficient (Wildman–Crippen LogP) is 6.65. The van der Waals surface area contributed by atoms with Crippen molar-refractivity contribution in [2.24, 2.45) is 9.98 Å². The second-order valence-electron chi connectivity index (χ2n) is 17.9. The van der Waals surface area contributed by atoms with Gasteiger partial charge in [-0.3, -0.25) is 34.2 Å². The van der Waals surface area contributed by atoms with Crippen LogP contribution >= 0.6 is 0 Å². The number of nitrogens with zero attached hydrogens (tertiary/aromatic N) is 5. The third-order valence-corrected chi connectivity index (χ3v) is 13.1. The van der Waals surface area contributed by atoms with Crippen molar-refractivity contribution in [3.8, 4) is 28.7 Å². The van der Waals surface area contributed by atoms with Gasteiger partial charge >= 0.3 is 5.97 Å². The smallest absolute Gasteiger partial charge is 0.334 e. The number of anilines is 2. The number of hydrogen-bond acceptors (Lipinski definition) is 16. The van der Waals surface area contributed by atoms with Crippen LogP contribution in [0.4, 0.5) is 22.7 Å². The van der Waals surface area contributed by atoms with Crippen LogP contribution < -0.4 is 33.5 Å². The Balaban J connectivity index is 0.778. The predicted molar refractivity (Wildman–Crippen MR) is 270 cm³/mol. The first-order valence-electron chi connectivity index (χ1n) is 24.5. The summed E-state index contributed by atoms with van der Waals surface area (Å²) in [6.07, 6.45) is 4.11. The molecule has 5 aromatic rings. The van der Waals surface area contributed by atoms with Gasteiger partial charge in [0, 0.05) is 61.6 Å². The first-order valence-corrected chi connectivity index (χ1v) is 24.5. The van der Waals surface area contributed by atoms with Crippen LogP contribution in [0, 0.1) is 0 Å². The van der Waals surface area contributed by atoms with Crippen LogP contribution in [0.3, 0.4) is 0 Å². The van der Waals surface area contributed by atoms with E-state index in [4.69, 9.17) is 52.7 Å². The van der Waals surface area contributed by atoms with E-state index in [1.165, 1.54) is 14.2 Å². The van der Waals surface area contributed by atoms with E-state index >= 15 is 0 Å². The normalized spacial score (nSPS) is 18.0.